The third kappa shape index (κ3) is 5.29. The van der Waals surface area contributed by atoms with Crippen LogP contribution >= 0.6 is 11.6 Å². The molecule has 184 valence electrons. The molecule has 1 aliphatic heterocycles. The minimum Gasteiger partial charge on any atom is -0.460 e. The molecule has 7 heteroatoms. The number of anilines is 1. The Morgan fingerprint density at radius 2 is 1.69 bits per heavy atom. The monoisotopic (exact) mass is 494 g/mol. The number of esters is 1. The number of hydrogen-bond donors (Lipinski definition) is 1. The lowest BCUT2D eigenvalue weighted by molar-refractivity contribution is -0.140. The van der Waals surface area contributed by atoms with Crippen molar-refractivity contribution in [1.29, 1.82) is 0 Å². The molecule has 2 aromatic carbocycles. The van der Waals surface area contributed by atoms with Crippen molar-refractivity contribution in [3.05, 3.63) is 87.2 Å². The molecule has 0 fully saturated rings. The van der Waals surface area contributed by atoms with E-state index in [2.05, 4.69) is 5.32 Å². The van der Waals surface area contributed by atoms with Gasteiger partial charge >= 0.3 is 5.97 Å². The van der Waals surface area contributed by atoms with E-state index in [1.54, 1.807) is 7.11 Å². The number of rotatable bonds is 7. The number of Topliss-reactive ketones (excluding diaryl/α,β-unsaturated/α-hetero) is 1. The molecule has 1 aliphatic carbocycles. The number of ketones is 1. The molecule has 0 saturated carbocycles. The number of hydrogen-bond acceptors (Lipinski definition) is 6. The van der Waals surface area contributed by atoms with Gasteiger partial charge in [0.15, 0.2) is 5.78 Å². The Kier molecular flexibility index (Phi) is 7.63. The summed E-state index contributed by atoms with van der Waals surface area (Å²) in [5, 5.41) is 4.05. The number of halogens is 1. The first kappa shape index (κ1) is 25.0. The normalized spacial score (nSPS) is 19.9. The van der Waals surface area contributed by atoms with Gasteiger partial charge in [0, 0.05) is 61.2 Å². The van der Waals surface area contributed by atoms with E-state index in [0.717, 1.165) is 22.5 Å². The van der Waals surface area contributed by atoms with Crippen molar-refractivity contribution >= 4 is 29.0 Å². The van der Waals surface area contributed by atoms with E-state index in [0.29, 0.717) is 41.3 Å². The van der Waals surface area contributed by atoms with E-state index in [-0.39, 0.29) is 18.3 Å². The minimum absolute atomic E-state index is 0.0371. The summed E-state index contributed by atoms with van der Waals surface area (Å²) >= 11 is 6.07. The second-order valence-corrected chi connectivity index (χ2v) is 9.62. The number of dihydropyridines is 1. The predicted molar refractivity (Wildman–Crippen MR) is 138 cm³/mol. The Morgan fingerprint density at radius 3 is 2.31 bits per heavy atom. The van der Waals surface area contributed by atoms with E-state index in [1.165, 1.54) is 0 Å². The van der Waals surface area contributed by atoms with Crippen molar-refractivity contribution < 1.29 is 19.1 Å². The van der Waals surface area contributed by atoms with Crippen molar-refractivity contribution in [3.63, 3.8) is 0 Å². The molecule has 1 N–H and O–H groups in total. The van der Waals surface area contributed by atoms with E-state index in [4.69, 9.17) is 21.1 Å². The summed E-state index contributed by atoms with van der Waals surface area (Å²) in [6.07, 6.45) is 1.05. The summed E-state index contributed by atoms with van der Waals surface area (Å²) < 4.78 is 10.5. The standard InChI is InChI=1S/C28H31ClN2O4/c1-17-25(28(33)35-14-13-34-4)26(19-7-11-22(12-8-19)31(2)3)27-23(30-17)15-20(16-24(27)32)18-5-9-21(29)10-6-18/h5-12,20,26,30H,13-16H2,1-4H3. The summed E-state index contributed by atoms with van der Waals surface area (Å²) in [6.45, 7) is 2.33. The van der Waals surface area contributed by atoms with Crippen LogP contribution in [0.3, 0.4) is 0 Å². The van der Waals surface area contributed by atoms with Gasteiger partial charge in [0.25, 0.3) is 0 Å². The Hall–Kier alpha value is -3.09. The number of nitrogens with zero attached hydrogens (tertiary/aromatic N) is 1. The zero-order valence-corrected chi connectivity index (χ0v) is 21.3. The second-order valence-electron chi connectivity index (χ2n) is 9.18. The molecule has 35 heavy (non-hydrogen) atoms. The van der Waals surface area contributed by atoms with Crippen molar-refractivity contribution in [1.82, 2.24) is 5.32 Å². The summed E-state index contributed by atoms with van der Waals surface area (Å²) in [6, 6.07) is 15.7. The van der Waals surface area contributed by atoms with Gasteiger partial charge < -0.3 is 19.7 Å². The van der Waals surface area contributed by atoms with Crippen molar-refractivity contribution in [2.24, 2.45) is 0 Å². The van der Waals surface area contributed by atoms with Crippen LogP contribution in [0.15, 0.2) is 71.1 Å². The topological polar surface area (TPSA) is 67.9 Å². The zero-order valence-electron chi connectivity index (χ0n) is 20.6. The Labute approximate surface area is 211 Å². The maximum absolute atomic E-state index is 13.6. The lowest BCUT2D eigenvalue weighted by Crippen LogP contribution is -2.36. The lowest BCUT2D eigenvalue weighted by Gasteiger charge is -2.36. The van der Waals surface area contributed by atoms with E-state index >= 15 is 0 Å². The van der Waals surface area contributed by atoms with Crippen LogP contribution in [0.4, 0.5) is 5.69 Å². The summed E-state index contributed by atoms with van der Waals surface area (Å²) in [7, 11) is 5.51. The maximum Gasteiger partial charge on any atom is 0.336 e. The summed E-state index contributed by atoms with van der Waals surface area (Å²) in [5.41, 5.74) is 5.70. The van der Waals surface area contributed by atoms with Gasteiger partial charge in [0.2, 0.25) is 0 Å². The predicted octanol–water partition coefficient (Wildman–Crippen LogP) is 4.96. The molecule has 0 saturated heterocycles. The fourth-order valence-electron chi connectivity index (χ4n) is 4.87. The highest BCUT2D eigenvalue weighted by molar-refractivity contribution is 6.30. The molecule has 0 radical (unpaired) electrons. The second kappa shape index (κ2) is 10.7. The van der Waals surface area contributed by atoms with Crippen molar-refractivity contribution in [2.45, 2.75) is 31.6 Å². The number of allylic oxidation sites excluding steroid dienone is 3. The molecule has 2 aromatic rings. The van der Waals surface area contributed by atoms with Gasteiger partial charge in [-0.25, -0.2) is 4.79 Å². The molecule has 2 unspecified atom stereocenters. The zero-order chi connectivity index (χ0) is 25.1. The molecule has 2 aliphatic rings. The molecule has 2 atom stereocenters. The van der Waals surface area contributed by atoms with Crippen molar-refractivity contribution in [2.75, 3.05) is 39.3 Å². The van der Waals surface area contributed by atoms with E-state index in [1.807, 2.05) is 74.4 Å². The van der Waals surface area contributed by atoms with Crippen LogP contribution in [0.2, 0.25) is 5.02 Å². The van der Waals surface area contributed by atoms with Gasteiger partial charge in [-0.05, 0) is 54.7 Å². The first-order chi connectivity index (χ1) is 16.8. The van der Waals surface area contributed by atoms with Gasteiger partial charge in [-0.1, -0.05) is 35.9 Å². The molecule has 0 spiro atoms. The molecular formula is C28H31ClN2O4. The third-order valence-corrected chi connectivity index (χ3v) is 6.90. The van der Waals surface area contributed by atoms with Gasteiger partial charge in [-0.3, -0.25) is 4.79 Å². The SMILES string of the molecule is COCCOC(=O)C1=C(C)NC2=C(C(=O)CC(c3ccc(Cl)cc3)C2)C1c1ccc(N(C)C)cc1. The van der Waals surface area contributed by atoms with Crippen LogP contribution in [-0.4, -0.2) is 46.2 Å². The minimum atomic E-state index is -0.490. The fourth-order valence-corrected chi connectivity index (χ4v) is 5.00. The molecule has 6 nitrogen and oxygen atoms in total. The smallest absolute Gasteiger partial charge is 0.336 e. The van der Waals surface area contributed by atoms with Crippen LogP contribution in [0.1, 0.15) is 42.7 Å². The fraction of sp³-hybridized carbons (Fsp3) is 0.357. The highest BCUT2D eigenvalue weighted by atomic mass is 35.5. The number of benzene rings is 2. The molecule has 0 bridgehead atoms. The maximum atomic E-state index is 13.6. The summed E-state index contributed by atoms with van der Waals surface area (Å²) in [5.74, 6) is -0.843. The third-order valence-electron chi connectivity index (χ3n) is 6.65. The van der Waals surface area contributed by atoms with E-state index < -0.39 is 11.9 Å². The first-order valence-corrected chi connectivity index (χ1v) is 12.1. The van der Waals surface area contributed by atoms with Gasteiger partial charge in [-0.15, -0.1) is 0 Å². The molecule has 0 amide bonds. The number of ether oxygens (including phenoxy) is 2. The largest absolute Gasteiger partial charge is 0.460 e. The number of carbonyl (C=O) groups is 2. The molecular weight excluding hydrogens is 464 g/mol. The van der Waals surface area contributed by atoms with Crippen LogP contribution < -0.4 is 10.2 Å². The first-order valence-electron chi connectivity index (χ1n) is 11.7. The average Bonchev–Trinajstić information content (AvgIpc) is 2.83. The Morgan fingerprint density at radius 1 is 1.03 bits per heavy atom. The Bertz CT molecular complexity index is 1170. The number of nitrogens with one attached hydrogen (secondary N) is 1. The highest BCUT2D eigenvalue weighted by Gasteiger charge is 2.41. The van der Waals surface area contributed by atoms with Crippen molar-refractivity contribution in [3.8, 4) is 0 Å². The summed E-state index contributed by atoms with van der Waals surface area (Å²) in [4.78, 5) is 28.9. The number of carbonyl (C=O) groups excluding carboxylic acids is 2. The Balaban J connectivity index is 1.74. The molecule has 0 aromatic heterocycles. The van der Waals surface area contributed by atoms with Gasteiger partial charge in [0.1, 0.15) is 6.61 Å². The molecule has 4 rings (SSSR count). The average molecular weight is 495 g/mol. The highest BCUT2D eigenvalue weighted by Crippen LogP contribution is 2.46. The van der Waals surface area contributed by atoms with Crippen LogP contribution in [0.5, 0.6) is 0 Å². The van der Waals surface area contributed by atoms with Crippen LogP contribution in [0.25, 0.3) is 0 Å². The van der Waals surface area contributed by atoms with Crippen LogP contribution in [0, 0.1) is 0 Å². The van der Waals surface area contributed by atoms with E-state index in [9.17, 15) is 9.59 Å². The van der Waals surface area contributed by atoms with Crippen LogP contribution in [-0.2, 0) is 19.1 Å². The number of methoxy groups -OCH3 is 1. The lowest BCUT2D eigenvalue weighted by atomic mass is 9.71. The van der Waals surface area contributed by atoms with Gasteiger partial charge in [0.05, 0.1) is 12.2 Å². The molecule has 1 heterocycles. The quantitative estimate of drug-likeness (QED) is 0.433. The van der Waals surface area contributed by atoms with Gasteiger partial charge in [-0.2, -0.15) is 0 Å².